The zero-order valence-corrected chi connectivity index (χ0v) is 7.43. The third-order valence-corrected chi connectivity index (χ3v) is 1.53. The van der Waals surface area contributed by atoms with Crippen LogP contribution in [0, 0.1) is 0 Å². The summed E-state index contributed by atoms with van der Waals surface area (Å²) in [6.45, 7) is 0. The van der Waals surface area contributed by atoms with Gasteiger partial charge in [0.15, 0.2) is 0 Å². The molecule has 66 valence electrons. The predicted octanol–water partition coefficient (Wildman–Crippen LogP) is 2.73. The molecule has 1 nitrogen and oxygen atoms in total. The van der Waals surface area contributed by atoms with Crippen molar-refractivity contribution in [2.75, 3.05) is 0 Å². The van der Waals surface area contributed by atoms with E-state index in [0.29, 0.717) is 0 Å². The van der Waals surface area contributed by atoms with E-state index >= 15 is 0 Å². The zero-order chi connectivity index (χ0) is 9.36. The fourth-order valence-corrected chi connectivity index (χ4v) is 0.923. The Labute approximate surface area is 78.9 Å². The molecule has 0 atom stereocenters. The molecule has 0 bridgehead atoms. The highest BCUT2D eigenvalue weighted by Crippen LogP contribution is 2.00. The lowest BCUT2D eigenvalue weighted by molar-refractivity contribution is 1.60. The van der Waals surface area contributed by atoms with Crippen LogP contribution in [0.25, 0.3) is 6.08 Å². The fraction of sp³-hybridized carbons (Fsp3) is 0. The maximum atomic E-state index is 5.17. The van der Waals surface area contributed by atoms with Gasteiger partial charge in [-0.25, -0.2) is 0 Å². The maximum absolute atomic E-state index is 5.17. The second kappa shape index (κ2) is 5.84. The van der Waals surface area contributed by atoms with Gasteiger partial charge in [-0.05, 0) is 17.8 Å². The van der Waals surface area contributed by atoms with Crippen molar-refractivity contribution >= 4 is 6.08 Å². The lowest BCUT2D eigenvalue weighted by atomic mass is 10.2. The number of benzene rings is 1. The van der Waals surface area contributed by atoms with Crippen LogP contribution in [0.15, 0.2) is 60.8 Å². The molecule has 0 spiro atoms. The van der Waals surface area contributed by atoms with E-state index in [0.717, 1.165) is 0 Å². The van der Waals surface area contributed by atoms with Crippen LogP contribution in [-0.4, -0.2) is 0 Å². The minimum Gasteiger partial charge on any atom is -0.405 e. The summed E-state index contributed by atoms with van der Waals surface area (Å²) >= 11 is 0. The monoisotopic (exact) mass is 171 g/mol. The van der Waals surface area contributed by atoms with Crippen molar-refractivity contribution in [2.24, 2.45) is 5.73 Å². The van der Waals surface area contributed by atoms with Crippen molar-refractivity contribution in [1.29, 1.82) is 0 Å². The molecule has 2 N–H and O–H groups in total. The summed E-state index contributed by atoms with van der Waals surface area (Å²) in [5, 5.41) is 0. The van der Waals surface area contributed by atoms with Gasteiger partial charge in [0.25, 0.3) is 0 Å². The molecular formula is C12H13N. The highest BCUT2D eigenvalue weighted by atomic mass is 14.5. The SMILES string of the molecule is N/C=C/C=C/C=C/c1ccccc1. The van der Waals surface area contributed by atoms with Gasteiger partial charge in [-0.3, -0.25) is 0 Å². The largest absolute Gasteiger partial charge is 0.405 e. The van der Waals surface area contributed by atoms with E-state index in [9.17, 15) is 0 Å². The zero-order valence-electron chi connectivity index (χ0n) is 7.43. The quantitative estimate of drug-likeness (QED) is 0.695. The van der Waals surface area contributed by atoms with Gasteiger partial charge in [-0.15, -0.1) is 0 Å². The van der Waals surface area contributed by atoms with Crippen molar-refractivity contribution < 1.29 is 0 Å². The number of hydrogen-bond acceptors (Lipinski definition) is 1. The van der Waals surface area contributed by atoms with Crippen LogP contribution in [0.3, 0.4) is 0 Å². The number of rotatable bonds is 3. The molecule has 0 saturated carbocycles. The normalized spacial score (nSPS) is 12.0. The van der Waals surface area contributed by atoms with Gasteiger partial charge < -0.3 is 5.73 Å². The number of hydrogen-bond donors (Lipinski definition) is 1. The molecule has 0 heterocycles. The van der Waals surface area contributed by atoms with E-state index in [1.54, 1.807) is 6.08 Å². The lowest BCUT2D eigenvalue weighted by Gasteiger charge is -1.87. The first-order valence-corrected chi connectivity index (χ1v) is 4.20. The van der Waals surface area contributed by atoms with Crippen molar-refractivity contribution in [3.05, 3.63) is 66.4 Å². The topological polar surface area (TPSA) is 26.0 Å². The Morgan fingerprint density at radius 2 is 1.54 bits per heavy atom. The Morgan fingerprint density at radius 3 is 2.23 bits per heavy atom. The Balaban J connectivity index is 2.50. The summed E-state index contributed by atoms with van der Waals surface area (Å²) in [4.78, 5) is 0. The van der Waals surface area contributed by atoms with Crippen LogP contribution >= 0.6 is 0 Å². The Bertz CT molecular complexity index is 307. The van der Waals surface area contributed by atoms with E-state index < -0.39 is 0 Å². The molecule has 0 amide bonds. The molecule has 0 unspecified atom stereocenters. The minimum atomic E-state index is 1.20. The molecule has 0 saturated heterocycles. The molecule has 13 heavy (non-hydrogen) atoms. The molecule has 0 aromatic heterocycles. The highest BCUT2D eigenvalue weighted by Gasteiger charge is 1.78. The van der Waals surface area contributed by atoms with Crippen LogP contribution < -0.4 is 5.73 Å². The van der Waals surface area contributed by atoms with Gasteiger partial charge in [0.2, 0.25) is 0 Å². The highest BCUT2D eigenvalue weighted by molar-refractivity contribution is 5.50. The van der Waals surface area contributed by atoms with Crippen molar-refractivity contribution in [3.8, 4) is 0 Å². The van der Waals surface area contributed by atoms with Gasteiger partial charge in [0.1, 0.15) is 0 Å². The second-order valence-electron chi connectivity index (χ2n) is 2.54. The molecular weight excluding hydrogens is 158 g/mol. The minimum absolute atomic E-state index is 1.20. The molecule has 0 aliphatic rings. The van der Waals surface area contributed by atoms with E-state index in [4.69, 9.17) is 5.73 Å². The molecule has 0 aliphatic carbocycles. The van der Waals surface area contributed by atoms with Gasteiger partial charge in [0, 0.05) is 0 Å². The second-order valence-corrected chi connectivity index (χ2v) is 2.54. The molecule has 1 heteroatoms. The van der Waals surface area contributed by atoms with E-state index in [1.165, 1.54) is 11.8 Å². The molecule has 1 aromatic rings. The van der Waals surface area contributed by atoms with Gasteiger partial charge in [0.05, 0.1) is 0 Å². The average molecular weight is 171 g/mol. The molecule has 0 aliphatic heterocycles. The van der Waals surface area contributed by atoms with E-state index in [-0.39, 0.29) is 0 Å². The van der Waals surface area contributed by atoms with Crippen LogP contribution in [0.4, 0.5) is 0 Å². The average Bonchev–Trinajstić information content (AvgIpc) is 2.19. The summed E-state index contributed by atoms with van der Waals surface area (Å²) in [6.07, 6.45) is 11.1. The van der Waals surface area contributed by atoms with Crippen molar-refractivity contribution in [2.45, 2.75) is 0 Å². The van der Waals surface area contributed by atoms with E-state index in [2.05, 4.69) is 12.1 Å². The summed E-state index contributed by atoms with van der Waals surface area (Å²) in [5.74, 6) is 0. The Kier molecular flexibility index (Phi) is 4.19. The molecule has 0 radical (unpaired) electrons. The number of nitrogens with two attached hydrogens (primary N) is 1. The summed E-state index contributed by atoms with van der Waals surface area (Å²) in [6, 6.07) is 10.2. The van der Waals surface area contributed by atoms with Crippen LogP contribution in [0.2, 0.25) is 0 Å². The molecule has 1 aromatic carbocycles. The standard InChI is InChI=1S/C12H13N/c13-11-7-2-1-4-8-12-9-5-3-6-10-12/h1-11H,13H2/b2-1+,8-4+,11-7+. The Morgan fingerprint density at radius 1 is 0.846 bits per heavy atom. The molecule has 1 rings (SSSR count). The smallest absolute Gasteiger partial charge is 0.00624 e. The molecule has 0 fully saturated rings. The maximum Gasteiger partial charge on any atom is -0.00624 e. The summed E-state index contributed by atoms with van der Waals surface area (Å²) in [5.41, 5.74) is 6.36. The van der Waals surface area contributed by atoms with Gasteiger partial charge >= 0.3 is 0 Å². The van der Waals surface area contributed by atoms with Crippen molar-refractivity contribution in [1.82, 2.24) is 0 Å². The predicted molar refractivity (Wildman–Crippen MR) is 57.9 cm³/mol. The summed E-state index contributed by atoms with van der Waals surface area (Å²) in [7, 11) is 0. The lowest BCUT2D eigenvalue weighted by Crippen LogP contribution is -1.71. The van der Waals surface area contributed by atoms with E-state index in [1.807, 2.05) is 42.5 Å². The Hall–Kier alpha value is -1.76. The van der Waals surface area contributed by atoms with Crippen molar-refractivity contribution in [3.63, 3.8) is 0 Å². The first kappa shape index (κ1) is 9.33. The fourth-order valence-electron chi connectivity index (χ4n) is 0.923. The van der Waals surface area contributed by atoms with Crippen LogP contribution in [0.1, 0.15) is 5.56 Å². The third kappa shape index (κ3) is 3.97. The van der Waals surface area contributed by atoms with Gasteiger partial charge in [-0.2, -0.15) is 0 Å². The number of allylic oxidation sites excluding steroid dienone is 4. The first-order valence-electron chi connectivity index (χ1n) is 4.20. The van der Waals surface area contributed by atoms with Gasteiger partial charge in [-0.1, -0.05) is 54.6 Å². The summed E-state index contributed by atoms with van der Waals surface area (Å²) < 4.78 is 0. The first-order chi connectivity index (χ1) is 6.43. The van der Waals surface area contributed by atoms with Crippen LogP contribution in [0.5, 0.6) is 0 Å². The third-order valence-electron chi connectivity index (χ3n) is 1.53. The van der Waals surface area contributed by atoms with Crippen LogP contribution in [-0.2, 0) is 0 Å².